The van der Waals surface area contributed by atoms with Gasteiger partial charge in [0.05, 0.1) is 0 Å². The average molecular weight is 411 g/mol. The second kappa shape index (κ2) is 6.61. The molecule has 1 atom stereocenters. The van der Waals surface area contributed by atoms with E-state index in [1.54, 1.807) is 24.3 Å². The van der Waals surface area contributed by atoms with Crippen molar-refractivity contribution in [2.24, 2.45) is 0 Å². The van der Waals surface area contributed by atoms with E-state index in [1.807, 2.05) is 25.1 Å². The quantitative estimate of drug-likeness (QED) is 0.569. The lowest BCUT2D eigenvalue weighted by Crippen LogP contribution is -2.37. The van der Waals surface area contributed by atoms with Crippen molar-refractivity contribution in [3.05, 3.63) is 89.0 Å². The molecule has 0 bridgehead atoms. The number of hydrogen-bond acceptors (Lipinski definition) is 5. The van der Waals surface area contributed by atoms with Crippen LogP contribution in [0.5, 0.6) is 11.5 Å². The maximum absolute atomic E-state index is 13.3. The number of rotatable bonds is 4. The van der Waals surface area contributed by atoms with Crippen molar-refractivity contribution in [1.82, 2.24) is 0 Å². The molecule has 3 N–H and O–H groups in total. The molecule has 148 valence electrons. The van der Waals surface area contributed by atoms with Gasteiger partial charge in [0.1, 0.15) is 16.9 Å². The van der Waals surface area contributed by atoms with Gasteiger partial charge in [-0.3, -0.25) is 9.35 Å². The molecule has 0 saturated carbocycles. The van der Waals surface area contributed by atoms with Crippen molar-refractivity contribution in [2.45, 2.75) is 12.3 Å². The molecule has 0 aromatic heterocycles. The van der Waals surface area contributed by atoms with Gasteiger partial charge >= 0.3 is 10.4 Å². The summed E-state index contributed by atoms with van der Waals surface area (Å²) >= 11 is 0. The maximum Gasteiger partial charge on any atom is 0.446 e. The summed E-state index contributed by atoms with van der Waals surface area (Å²) in [6.45, 7) is 1.92. The fourth-order valence-electron chi connectivity index (χ4n) is 3.75. The molecule has 0 radical (unpaired) electrons. The van der Waals surface area contributed by atoms with Crippen molar-refractivity contribution in [3.8, 4) is 11.5 Å². The van der Waals surface area contributed by atoms with Gasteiger partial charge in [-0.05, 0) is 48.4 Å². The summed E-state index contributed by atoms with van der Waals surface area (Å²) in [4.78, 5) is 13.3. The number of nitrogens with one attached hydrogen (secondary N) is 1. The summed E-state index contributed by atoms with van der Waals surface area (Å²) in [5, 5.41) is 12.6. The SMILES string of the molecule is Cc1ccc2c(c1)C(c1ccc(O)cc1)(c1ccc(OS(=O)(=O)O)cc1)C(=O)N2. The third-order valence-corrected chi connectivity index (χ3v) is 5.36. The lowest BCUT2D eigenvalue weighted by molar-refractivity contribution is -0.118. The van der Waals surface area contributed by atoms with Crippen LogP contribution in [0.2, 0.25) is 0 Å². The topological polar surface area (TPSA) is 113 Å². The van der Waals surface area contributed by atoms with Crippen molar-refractivity contribution >= 4 is 22.0 Å². The Labute approximate surface area is 167 Å². The number of phenolic OH excluding ortho intramolecular Hbond substituents is 1. The number of benzene rings is 3. The predicted molar refractivity (Wildman–Crippen MR) is 106 cm³/mol. The zero-order chi connectivity index (χ0) is 20.8. The Balaban J connectivity index is 1.95. The molecule has 7 nitrogen and oxygen atoms in total. The molecule has 3 aromatic carbocycles. The smallest absolute Gasteiger partial charge is 0.446 e. The number of carbonyl (C=O) groups excluding carboxylic acids is 1. The maximum atomic E-state index is 13.3. The first-order chi connectivity index (χ1) is 13.7. The van der Waals surface area contributed by atoms with E-state index in [0.717, 1.165) is 11.1 Å². The van der Waals surface area contributed by atoms with Crippen molar-refractivity contribution in [3.63, 3.8) is 0 Å². The fraction of sp³-hybridized carbons (Fsp3) is 0.0952. The molecule has 4 rings (SSSR count). The molecule has 0 spiro atoms. The molecule has 1 unspecified atom stereocenters. The van der Waals surface area contributed by atoms with E-state index < -0.39 is 15.8 Å². The number of aryl methyl sites for hydroxylation is 1. The van der Waals surface area contributed by atoms with Crippen LogP contribution in [0.1, 0.15) is 22.3 Å². The summed E-state index contributed by atoms with van der Waals surface area (Å²) in [6.07, 6.45) is 0. The molecule has 0 fully saturated rings. The largest absolute Gasteiger partial charge is 0.508 e. The lowest BCUT2D eigenvalue weighted by atomic mass is 9.70. The van der Waals surface area contributed by atoms with Gasteiger partial charge in [-0.2, -0.15) is 8.42 Å². The van der Waals surface area contributed by atoms with Crippen LogP contribution < -0.4 is 9.50 Å². The van der Waals surface area contributed by atoms with Gasteiger partial charge in [0, 0.05) is 11.3 Å². The number of anilines is 1. The highest BCUT2D eigenvalue weighted by Crippen LogP contribution is 2.48. The molecular formula is C21H17NO6S. The van der Waals surface area contributed by atoms with Crippen LogP contribution in [-0.4, -0.2) is 24.0 Å². The summed E-state index contributed by atoms with van der Waals surface area (Å²) in [5.74, 6) is -0.282. The van der Waals surface area contributed by atoms with Crippen LogP contribution in [0, 0.1) is 6.92 Å². The van der Waals surface area contributed by atoms with Crippen LogP contribution in [0.3, 0.4) is 0 Å². The van der Waals surface area contributed by atoms with Gasteiger partial charge in [-0.1, -0.05) is 42.0 Å². The van der Waals surface area contributed by atoms with Gasteiger partial charge in [-0.25, -0.2) is 0 Å². The van der Waals surface area contributed by atoms with E-state index in [1.165, 1.54) is 24.3 Å². The normalized spacial score (nSPS) is 18.2. The molecular weight excluding hydrogens is 394 g/mol. The summed E-state index contributed by atoms with van der Waals surface area (Å²) < 4.78 is 35.3. The van der Waals surface area contributed by atoms with Crippen molar-refractivity contribution in [1.29, 1.82) is 0 Å². The van der Waals surface area contributed by atoms with E-state index >= 15 is 0 Å². The number of amides is 1. The van der Waals surface area contributed by atoms with Crippen LogP contribution in [0.15, 0.2) is 66.7 Å². The third kappa shape index (κ3) is 3.22. The molecule has 1 heterocycles. The standard InChI is InChI=1S/C21H17NO6S/c1-13-2-11-19-18(12-13)21(20(24)22-19,14-3-7-16(23)8-4-14)15-5-9-17(10-6-15)28-29(25,26)27/h2-12,23H,1H3,(H,22,24)(H,25,26,27). The van der Waals surface area contributed by atoms with E-state index in [4.69, 9.17) is 4.55 Å². The molecule has 8 heteroatoms. The van der Waals surface area contributed by atoms with E-state index in [2.05, 4.69) is 9.50 Å². The number of fused-ring (bicyclic) bond motifs is 1. The third-order valence-electron chi connectivity index (χ3n) is 4.96. The molecule has 0 aliphatic carbocycles. The number of carbonyl (C=O) groups is 1. The van der Waals surface area contributed by atoms with Gasteiger partial charge in [0.2, 0.25) is 5.91 Å². The van der Waals surface area contributed by atoms with Crippen molar-refractivity contribution < 1.29 is 27.1 Å². The number of hydrogen-bond donors (Lipinski definition) is 3. The Morgan fingerprint density at radius 3 is 2.10 bits per heavy atom. The first-order valence-electron chi connectivity index (χ1n) is 8.70. The summed E-state index contributed by atoms with van der Waals surface area (Å²) in [7, 11) is -4.65. The minimum absolute atomic E-state index is 0.0728. The molecule has 1 amide bonds. The molecule has 29 heavy (non-hydrogen) atoms. The van der Waals surface area contributed by atoms with Crippen LogP contribution in [-0.2, 0) is 20.6 Å². The first kappa shape index (κ1) is 19.0. The van der Waals surface area contributed by atoms with Gasteiger partial charge < -0.3 is 14.6 Å². The first-order valence-corrected chi connectivity index (χ1v) is 10.1. The Kier molecular flexibility index (Phi) is 4.33. The molecule has 1 aliphatic heterocycles. The van der Waals surface area contributed by atoms with Gasteiger partial charge in [0.15, 0.2) is 0 Å². The second-order valence-electron chi connectivity index (χ2n) is 6.84. The minimum Gasteiger partial charge on any atom is -0.508 e. The summed E-state index contributed by atoms with van der Waals surface area (Å²) in [5.41, 5.74) is 2.40. The monoisotopic (exact) mass is 411 g/mol. The van der Waals surface area contributed by atoms with Gasteiger partial charge in [-0.15, -0.1) is 0 Å². The molecule has 0 saturated heterocycles. The Bertz CT molecular complexity index is 1200. The highest BCUT2D eigenvalue weighted by molar-refractivity contribution is 7.81. The highest BCUT2D eigenvalue weighted by atomic mass is 32.3. The zero-order valence-corrected chi connectivity index (χ0v) is 16.1. The molecule has 3 aromatic rings. The molecule has 1 aliphatic rings. The van der Waals surface area contributed by atoms with E-state index in [9.17, 15) is 18.3 Å². The van der Waals surface area contributed by atoms with E-state index in [-0.39, 0.29) is 17.4 Å². The Hall–Kier alpha value is -3.36. The fourth-order valence-corrected chi connectivity index (χ4v) is 4.10. The van der Waals surface area contributed by atoms with Crippen LogP contribution >= 0.6 is 0 Å². The highest BCUT2D eigenvalue weighted by Gasteiger charge is 2.49. The Morgan fingerprint density at radius 1 is 0.931 bits per heavy atom. The lowest BCUT2D eigenvalue weighted by Gasteiger charge is -2.29. The van der Waals surface area contributed by atoms with Crippen LogP contribution in [0.25, 0.3) is 0 Å². The average Bonchev–Trinajstić information content (AvgIpc) is 2.94. The van der Waals surface area contributed by atoms with E-state index in [0.29, 0.717) is 16.8 Å². The predicted octanol–water partition coefficient (Wildman–Crippen LogP) is 3.17. The Morgan fingerprint density at radius 2 is 1.52 bits per heavy atom. The summed E-state index contributed by atoms with van der Waals surface area (Å²) in [6, 6.07) is 17.9. The number of aromatic hydroxyl groups is 1. The van der Waals surface area contributed by atoms with Crippen LogP contribution in [0.4, 0.5) is 5.69 Å². The van der Waals surface area contributed by atoms with Gasteiger partial charge in [0.25, 0.3) is 0 Å². The zero-order valence-electron chi connectivity index (χ0n) is 15.3. The number of phenols is 1. The van der Waals surface area contributed by atoms with Crippen molar-refractivity contribution in [2.75, 3.05) is 5.32 Å². The minimum atomic E-state index is -4.65. The second-order valence-corrected chi connectivity index (χ2v) is 7.86.